The van der Waals surface area contributed by atoms with Gasteiger partial charge in [-0.2, -0.15) is 0 Å². The second kappa shape index (κ2) is 6.75. The summed E-state index contributed by atoms with van der Waals surface area (Å²) in [6, 6.07) is 17.7. The molecular formula is C17H11Cl3N2O. The van der Waals surface area contributed by atoms with E-state index in [0.29, 0.717) is 5.89 Å². The van der Waals surface area contributed by atoms with E-state index in [9.17, 15) is 0 Å². The molecule has 0 spiro atoms. The van der Waals surface area contributed by atoms with E-state index < -0.39 is 3.79 Å². The number of aromatic nitrogens is 2. The fraction of sp³-hybridized carbons (Fsp3) is 0.0588. The Morgan fingerprint density at radius 3 is 1.96 bits per heavy atom. The Morgan fingerprint density at radius 2 is 1.39 bits per heavy atom. The minimum absolute atomic E-state index is 0.0504. The molecule has 116 valence electrons. The summed E-state index contributed by atoms with van der Waals surface area (Å²) in [5, 5.41) is 7.62. The molecule has 0 fully saturated rings. The highest BCUT2D eigenvalue weighted by atomic mass is 35.6. The van der Waals surface area contributed by atoms with Gasteiger partial charge in [-0.25, -0.2) is 0 Å². The van der Waals surface area contributed by atoms with Gasteiger partial charge < -0.3 is 4.42 Å². The molecule has 0 bridgehead atoms. The fourth-order valence-electron chi connectivity index (χ4n) is 1.95. The molecule has 0 saturated heterocycles. The quantitative estimate of drug-likeness (QED) is 0.439. The maximum absolute atomic E-state index is 5.71. The number of nitrogens with zero attached hydrogens (tertiary/aromatic N) is 2. The van der Waals surface area contributed by atoms with E-state index in [0.717, 1.165) is 16.7 Å². The Kier molecular flexibility index (Phi) is 4.71. The molecule has 0 saturated carbocycles. The summed E-state index contributed by atoms with van der Waals surface area (Å²) in [6.07, 6.45) is 4.07. The van der Waals surface area contributed by atoms with Crippen molar-refractivity contribution in [2.75, 3.05) is 0 Å². The van der Waals surface area contributed by atoms with Gasteiger partial charge in [0.2, 0.25) is 5.89 Å². The maximum Gasteiger partial charge on any atom is 0.268 e. The van der Waals surface area contributed by atoms with Crippen molar-refractivity contribution in [1.82, 2.24) is 10.2 Å². The van der Waals surface area contributed by atoms with Crippen molar-refractivity contribution in [2.24, 2.45) is 0 Å². The van der Waals surface area contributed by atoms with E-state index in [1.807, 2.05) is 66.7 Å². The smallest absolute Gasteiger partial charge is 0.268 e. The van der Waals surface area contributed by atoms with Gasteiger partial charge in [0.1, 0.15) is 0 Å². The molecule has 6 heteroatoms. The lowest BCUT2D eigenvalue weighted by molar-refractivity contribution is 0.514. The number of benzene rings is 2. The first kappa shape index (κ1) is 16.1. The van der Waals surface area contributed by atoms with Gasteiger partial charge in [-0.1, -0.05) is 89.4 Å². The van der Waals surface area contributed by atoms with E-state index in [4.69, 9.17) is 39.2 Å². The molecule has 0 aliphatic carbocycles. The lowest BCUT2D eigenvalue weighted by atomic mass is 10.1. The van der Waals surface area contributed by atoms with Crippen LogP contribution in [-0.2, 0) is 3.79 Å². The lowest BCUT2D eigenvalue weighted by Gasteiger charge is -2.02. The predicted molar refractivity (Wildman–Crippen MR) is 94.3 cm³/mol. The molecule has 1 aromatic heterocycles. The second-order valence-corrected chi connectivity index (χ2v) is 7.06. The summed E-state index contributed by atoms with van der Waals surface area (Å²) in [5.41, 5.74) is 2.95. The molecule has 0 amide bonds. The Balaban J connectivity index is 1.77. The number of rotatable bonds is 3. The van der Waals surface area contributed by atoms with Crippen LogP contribution in [0.4, 0.5) is 0 Å². The molecule has 1 heterocycles. The van der Waals surface area contributed by atoms with Crippen molar-refractivity contribution in [2.45, 2.75) is 3.79 Å². The third kappa shape index (κ3) is 4.14. The van der Waals surface area contributed by atoms with E-state index >= 15 is 0 Å². The Labute approximate surface area is 148 Å². The molecule has 0 N–H and O–H groups in total. The molecule has 0 aliphatic heterocycles. The van der Waals surface area contributed by atoms with E-state index in [1.54, 1.807) is 0 Å². The third-order valence-corrected chi connectivity index (χ3v) is 3.58. The second-order valence-electron chi connectivity index (χ2n) is 4.78. The average Bonchev–Trinajstić information content (AvgIpc) is 3.05. The largest absolute Gasteiger partial charge is 0.416 e. The zero-order chi connectivity index (χ0) is 16.3. The summed E-state index contributed by atoms with van der Waals surface area (Å²) in [5.74, 6) is 0.260. The van der Waals surface area contributed by atoms with Gasteiger partial charge in [-0.05, 0) is 23.3 Å². The molecule has 3 aromatic rings. The van der Waals surface area contributed by atoms with Crippen LogP contribution in [0.1, 0.15) is 17.0 Å². The maximum atomic E-state index is 5.71. The summed E-state index contributed by atoms with van der Waals surface area (Å²) < 4.78 is 3.65. The van der Waals surface area contributed by atoms with Crippen molar-refractivity contribution in [1.29, 1.82) is 0 Å². The monoisotopic (exact) mass is 364 g/mol. The summed E-state index contributed by atoms with van der Waals surface area (Å²) >= 11 is 17.1. The first-order valence-electron chi connectivity index (χ1n) is 6.77. The third-order valence-electron chi connectivity index (χ3n) is 3.09. The standard InChI is InChI=1S/C17H11Cl3N2O/c18-17(19,20)16-22-21-15(23-16)14-10-8-13(9-11-14)7-6-12-4-2-1-3-5-12/h1-11H/b7-6+. The Hall–Kier alpha value is -1.81. The first-order valence-corrected chi connectivity index (χ1v) is 7.90. The van der Waals surface area contributed by atoms with Crippen molar-refractivity contribution in [3.05, 3.63) is 71.6 Å². The van der Waals surface area contributed by atoms with Crippen molar-refractivity contribution < 1.29 is 4.42 Å². The Morgan fingerprint density at radius 1 is 0.783 bits per heavy atom. The minimum Gasteiger partial charge on any atom is -0.416 e. The van der Waals surface area contributed by atoms with Crippen molar-refractivity contribution in [3.63, 3.8) is 0 Å². The molecule has 3 rings (SSSR count). The van der Waals surface area contributed by atoms with Crippen LogP contribution in [0.25, 0.3) is 23.6 Å². The normalized spacial score (nSPS) is 12.0. The lowest BCUT2D eigenvalue weighted by Crippen LogP contribution is -1.99. The van der Waals surface area contributed by atoms with Crippen molar-refractivity contribution in [3.8, 4) is 11.5 Å². The minimum atomic E-state index is -1.72. The van der Waals surface area contributed by atoms with E-state index in [-0.39, 0.29) is 5.89 Å². The van der Waals surface area contributed by atoms with Crippen LogP contribution < -0.4 is 0 Å². The SMILES string of the molecule is ClC(Cl)(Cl)c1nnc(-c2ccc(/C=C/c3ccccc3)cc2)o1. The van der Waals surface area contributed by atoms with Crippen LogP contribution in [0.2, 0.25) is 0 Å². The molecule has 0 atom stereocenters. The molecular weight excluding hydrogens is 355 g/mol. The van der Waals surface area contributed by atoms with Crippen LogP contribution in [0.15, 0.2) is 59.0 Å². The van der Waals surface area contributed by atoms with Gasteiger partial charge in [0.25, 0.3) is 9.68 Å². The summed E-state index contributed by atoms with van der Waals surface area (Å²) in [6.45, 7) is 0. The average molecular weight is 366 g/mol. The zero-order valence-corrected chi connectivity index (χ0v) is 14.1. The highest BCUT2D eigenvalue weighted by molar-refractivity contribution is 6.66. The fourth-order valence-corrected chi connectivity index (χ4v) is 2.18. The summed E-state index contributed by atoms with van der Waals surface area (Å²) in [7, 11) is 0. The first-order chi connectivity index (χ1) is 11.0. The van der Waals surface area contributed by atoms with Gasteiger partial charge in [0.15, 0.2) is 0 Å². The number of alkyl halides is 3. The van der Waals surface area contributed by atoms with E-state index in [2.05, 4.69) is 10.2 Å². The number of hydrogen-bond acceptors (Lipinski definition) is 3. The number of halogens is 3. The molecule has 3 nitrogen and oxygen atoms in total. The van der Waals surface area contributed by atoms with Gasteiger partial charge in [-0.3, -0.25) is 0 Å². The van der Waals surface area contributed by atoms with Crippen LogP contribution in [0.5, 0.6) is 0 Å². The molecule has 0 unspecified atom stereocenters. The number of hydrogen-bond donors (Lipinski definition) is 0. The van der Waals surface area contributed by atoms with Crippen LogP contribution in [0.3, 0.4) is 0 Å². The van der Waals surface area contributed by atoms with E-state index in [1.165, 1.54) is 0 Å². The van der Waals surface area contributed by atoms with Gasteiger partial charge in [0.05, 0.1) is 0 Å². The summed E-state index contributed by atoms with van der Waals surface area (Å²) in [4.78, 5) is 0. The van der Waals surface area contributed by atoms with Crippen LogP contribution in [0, 0.1) is 0 Å². The Bertz CT molecular complexity index is 806. The van der Waals surface area contributed by atoms with Crippen LogP contribution >= 0.6 is 34.8 Å². The molecule has 0 aliphatic rings. The predicted octanol–water partition coefficient (Wildman–Crippen LogP) is 5.73. The highest BCUT2D eigenvalue weighted by Gasteiger charge is 2.30. The molecule has 23 heavy (non-hydrogen) atoms. The van der Waals surface area contributed by atoms with Crippen molar-refractivity contribution >= 4 is 47.0 Å². The van der Waals surface area contributed by atoms with Gasteiger partial charge in [-0.15, -0.1) is 10.2 Å². The van der Waals surface area contributed by atoms with Gasteiger partial charge >= 0.3 is 0 Å². The highest BCUT2D eigenvalue weighted by Crippen LogP contribution is 2.38. The topological polar surface area (TPSA) is 38.9 Å². The molecule has 2 aromatic carbocycles. The van der Waals surface area contributed by atoms with Crippen LogP contribution in [-0.4, -0.2) is 10.2 Å². The zero-order valence-electron chi connectivity index (χ0n) is 11.8. The van der Waals surface area contributed by atoms with Gasteiger partial charge in [0, 0.05) is 5.56 Å². The molecule has 0 radical (unpaired) electrons.